The van der Waals surface area contributed by atoms with Crippen molar-refractivity contribution in [3.8, 4) is 22.3 Å². The molecule has 5 rings (SSSR count). The summed E-state index contributed by atoms with van der Waals surface area (Å²) in [6, 6.07) is 35.0. The molecule has 0 heterocycles. The number of benzene rings is 5. The number of hydrogen-bond acceptors (Lipinski definition) is 0. The Morgan fingerprint density at radius 3 is 1.25 bits per heavy atom. The zero-order valence-electron chi connectivity index (χ0n) is 15.0. The molecule has 0 amide bonds. The molecule has 0 saturated carbocycles. The first kappa shape index (κ1) is 18.1. The molecule has 5 aromatic rings. The molecule has 0 aromatic heterocycles. The second-order valence-electron chi connectivity index (χ2n) is 6.87. The van der Waals surface area contributed by atoms with Crippen molar-refractivity contribution in [3.05, 3.63) is 104 Å². The van der Waals surface area contributed by atoms with Gasteiger partial charge in [0, 0.05) is 7.14 Å². The Balaban J connectivity index is 1.73. The lowest BCUT2D eigenvalue weighted by molar-refractivity contribution is 1.55. The highest BCUT2D eigenvalue weighted by Crippen LogP contribution is 2.38. The van der Waals surface area contributed by atoms with Crippen LogP contribution in [0.5, 0.6) is 0 Å². The second-order valence-corrected chi connectivity index (χ2v) is 9.19. The smallest absolute Gasteiger partial charge is 0.0215 e. The van der Waals surface area contributed by atoms with Gasteiger partial charge in [0.1, 0.15) is 0 Å². The first-order valence-electron chi connectivity index (χ1n) is 9.18. The van der Waals surface area contributed by atoms with Gasteiger partial charge < -0.3 is 0 Å². The van der Waals surface area contributed by atoms with Crippen molar-refractivity contribution in [2.75, 3.05) is 0 Å². The molecule has 0 bridgehead atoms. The fraction of sp³-hybridized carbons (Fsp3) is 0. The highest BCUT2D eigenvalue weighted by molar-refractivity contribution is 14.1. The highest BCUT2D eigenvalue weighted by Gasteiger charge is 2.13. The van der Waals surface area contributed by atoms with E-state index in [0.717, 1.165) is 0 Å². The Labute approximate surface area is 191 Å². The Morgan fingerprint density at radius 2 is 0.786 bits per heavy atom. The quantitative estimate of drug-likeness (QED) is 0.183. The van der Waals surface area contributed by atoms with Crippen LogP contribution >= 0.6 is 45.2 Å². The van der Waals surface area contributed by atoms with Crippen molar-refractivity contribution in [3.63, 3.8) is 0 Å². The lowest BCUT2D eigenvalue weighted by Gasteiger charge is -2.14. The summed E-state index contributed by atoms with van der Waals surface area (Å²) in [7, 11) is 0. The van der Waals surface area contributed by atoms with E-state index in [2.05, 4.69) is 142 Å². The molecule has 0 nitrogen and oxygen atoms in total. The molecule has 28 heavy (non-hydrogen) atoms. The van der Waals surface area contributed by atoms with Gasteiger partial charge in [0.25, 0.3) is 0 Å². The van der Waals surface area contributed by atoms with Crippen LogP contribution in [0.25, 0.3) is 43.8 Å². The lowest BCUT2D eigenvalue weighted by Crippen LogP contribution is -1.91. The number of hydrogen-bond donors (Lipinski definition) is 0. The largest absolute Gasteiger partial charge is 0.0616 e. The molecule has 0 fully saturated rings. The van der Waals surface area contributed by atoms with Crippen LogP contribution in [0.4, 0.5) is 0 Å². The predicted molar refractivity (Wildman–Crippen MR) is 138 cm³/mol. The molecule has 0 aliphatic rings. The van der Waals surface area contributed by atoms with E-state index < -0.39 is 0 Å². The first-order chi connectivity index (χ1) is 13.7. The molecule has 0 aliphatic heterocycles. The standard InChI is InChI=1S/C26H16I2/c27-25-16-24(22-14-6-10-18-8-2-4-12-20(18)22)26(28)15-23(25)21-13-5-9-17-7-1-3-11-19(17)21/h1-16H. The molecular formula is C26H16I2. The maximum absolute atomic E-state index is 2.49. The van der Waals surface area contributed by atoms with Crippen molar-refractivity contribution in [2.24, 2.45) is 0 Å². The lowest BCUT2D eigenvalue weighted by atomic mass is 9.94. The van der Waals surface area contributed by atoms with Crippen LogP contribution in [0.2, 0.25) is 0 Å². The van der Waals surface area contributed by atoms with Crippen LogP contribution in [0, 0.1) is 7.14 Å². The van der Waals surface area contributed by atoms with Crippen LogP contribution in [-0.4, -0.2) is 0 Å². The summed E-state index contributed by atoms with van der Waals surface area (Å²) in [5, 5.41) is 5.17. The molecule has 0 aliphatic carbocycles. The summed E-state index contributed by atoms with van der Waals surface area (Å²) in [5.41, 5.74) is 5.19. The van der Waals surface area contributed by atoms with Gasteiger partial charge in [-0.05, 0) is 101 Å². The van der Waals surface area contributed by atoms with Crippen molar-refractivity contribution in [1.82, 2.24) is 0 Å². The summed E-state index contributed by atoms with van der Waals surface area (Å²) in [6.07, 6.45) is 0. The maximum atomic E-state index is 2.49. The van der Waals surface area contributed by atoms with E-state index in [4.69, 9.17) is 0 Å². The van der Waals surface area contributed by atoms with E-state index >= 15 is 0 Å². The summed E-state index contributed by atoms with van der Waals surface area (Å²) >= 11 is 4.97. The second kappa shape index (κ2) is 7.48. The van der Waals surface area contributed by atoms with E-state index in [1.165, 1.54) is 50.9 Å². The van der Waals surface area contributed by atoms with Crippen molar-refractivity contribution >= 4 is 66.7 Å². The van der Waals surface area contributed by atoms with Gasteiger partial charge in [0.2, 0.25) is 0 Å². The molecule has 134 valence electrons. The third-order valence-corrected chi connectivity index (χ3v) is 7.00. The van der Waals surface area contributed by atoms with E-state index in [0.29, 0.717) is 0 Å². The topological polar surface area (TPSA) is 0 Å². The van der Waals surface area contributed by atoms with Crippen molar-refractivity contribution in [2.45, 2.75) is 0 Å². The van der Waals surface area contributed by atoms with Crippen LogP contribution in [0.3, 0.4) is 0 Å². The molecule has 0 spiro atoms. The van der Waals surface area contributed by atoms with Gasteiger partial charge in [-0.25, -0.2) is 0 Å². The predicted octanol–water partition coefficient (Wildman–Crippen LogP) is 8.54. The summed E-state index contributed by atoms with van der Waals surface area (Å²) in [6.45, 7) is 0. The normalized spacial score (nSPS) is 11.2. The van der Waals surface area contributed by atoms with Gasteiger partial charge in [-0.3, -0.25) is 0 Å². The number of rotatable bonds is 2. The SMILES string of the molecule is Ic1cc(-c2cccc3ccccc23)c(I)cc1-c1cccc2ccccc12. The molecule has 0 saturated heterocycles. The summed E-state index contributed by atoms with van der Waals surface area (Å²) in [5.74, 6) is 0. The summed E-state index contributed by atoms with van der Waals surface area (Å²) in [4.78, 5) is 0. The minimum atomic E-state index is 1.28. The van der Waals surface area contributed by atoms with Gasteiger partial charge in [-0.2, -0.15) is 0 Å². The van der Waals surface area contributed by atoms with Crippen LogP contribution in [0.15, 0.2) is 97.1 Å². The molecule has 0 atom stereocenters. The summed E-state index contributed by atoms with van der Waals surface area (Å²) < 4.78 is 2.55. The first-order valence-corrected chi connectivity index (χ1v) is 11.3. The van der Waals surface area contributed by atoms with Gasteiger partial charge >= 0.3 is 0 Å². The zero-order valence-corrected chi connectivity index (χ0v) is 19.3. The minimum absolute atomic E-state index is 1.28. The van der Waals surface area contributed by atoms with Gasteiger partial charge in [-0.15, -0.1) is 0 Å². The fourth-order valence-corrected chi connectivity index (χ4v) is 5.40. The zero-order chi connectivity index (χ0) is 19.1. The third kappa shape index (κ3) is 3.12. The average Bonchev–Trinajstić information content (AvgIpc) is 2.74. The Hall–Kier alpha value is -1.92. The molecular weight excluding hydrogens is 566 g/mol. The van der Waals surface area contributed by atoms with Crippen LogP contribution in [-0.2, 0) is 0 Å². The van der Waals surface area contributed by atoms with Gasteiger partial charge in [-0.1, -0.05) is 84.9 Å². The van der Waals surface area contributed by atoms with Crippen LogP contribution in [0.1, 0.15) is 0 Å². The minimum Gasteiger partial charge on any atom is -0.0616 e. The third-order valence-electron chi connectivity index (χ3n) is 5.22. The van der Waals surface area contributed by atoms with E-state index in [-0.39, 0.29) is 0 Å². The fourth-order valence-electron chi connectivity index (χ4n) is 3.88. The molecule has 0 radical (unpaired) electrons. The Bertz CT molecular complexity index is 1220. The number of fused-ring (bicyclic) bond motifs is 2. The van der Waals surface area contributed by atoms with E-state index in [1.54, 1.807) is 0 Å². The number of halogens is 2. The average molecular weight is 582 g/mol. The van der Waals surface area contributed by atoms with Gasteiger partial charge in [0.05, 0.1) is 0 Å². The Kier molecular flexibility index (Phi) is 4.85. The van der Waals surface area contributed by atoms with Crippen molar-refractivity contribution < 1.29 is 0 Å². The molecule has 0 N–H and O–H groups in total. The van der Waals surface area contributed by atoms with E-state index in [9.17, 15) is 0 Å². The van der Waals surface area contributed by atoms with Crippen molar-refractivity contribution in [1.29, 1.82) is 0 Å². The molecule has 0 unspecified atom stereocenters. The Morgan fingerprint density at radius 1 is 0.393 bits per heavy atom. The van der Waals surface area contributed by atoms with Gasteiger partial charge in [0.15, 0.2) is 0 Å². The monoisotopic (exact) mass is 582 g/mol. The highest BCUT2D eigenvalue weighted by atomic mass is 127. The van der Waals surface area contributed by atoms with Crippen LogP contribution < -0.4 is 0 Å². The van der Waals surface area contributed by atoms with E-state index in [1.807, 2.05) is 0 Å². The maximum Gasteiger partial charge on any atom is 0.0215 e. The molecule has 5 aromatic carbocycles. The molecule has 2 heteroatoms.